The van der Waals surface area contributed by atoms with Gasteiger partial charge in [0.25, 0.3) is 0 Å². The van der Waals surface area contributed by atoms with Crippen LogP contribution in [0, 0.1) is 0 Å². The summed E-state index contributed by atoms with van der Waals surface area (Å²) >= 11 is 3.60. The minimum Gasteiger partial charge on any atom is -0.398 e. The molecule has 2 N–H and O–H groups in total. The summed E-state index contributed by atoms with van der Waals surface area (Å²) in [6.07, 6.45) is 2.61. The van der Waals surface area contributed by atoms with Gasteiger partial charge in [0, 0.05) is 29.3 Å². The Bertz CT molecular complexity index is 406. The van der Waals surface area contributed by atoms with Gasteiger partial charge >= 0.3 is 0 Å². The molecule has 1 aliphatic heterocycles. The quantitative estimate of drug-likeness (QED) is 0.867. The first-order valence-electron chi connectivity index (χ1n) is 6.49. The molecule has 1 aliphatic rings. The first kappa shape index (κ1) is 13.8. The van der Waals surface area contributed by atoms with Crippen molar-refractivity contribution < 1.29 is 0 Å². The maximum Gasteiger partial charge on any atom is 0.0461 e. The lowest BCUT2D eigenvalue weighted by Gasteiger charge is -2.27. The zero-order valence-corrected chi connectivity index (χ0v) is 12.8. The van der Waals surface area contributed by atoms with Gasteiger partial charge in [0.15, 0.2) is 0 Å². The number of likely N-dealkylation sites (tertiary alicyclic amines) is 1. The van der Waals surface area contributed by atoms with Crippen molar-refractivity contribution in [3.63, 3.8) is 0 Å². The number of benzene rings is 1. The minimum atomic E-state index is 0.674. The molecule has 4 heteroatoms. The largest absolute Gasteiger partial charge is 0.398 e. The van der Waals surface area contributed by atoms with Crippen LogP contribution in [0.25, 0.3) is 0 Å². The van der Waals surface area contributed by atoms with Crippen molar-refractivity contribution in [2.75, 3.05) is 32.9 Å². The SMILES string of the molecule is CN(C)CC1CCCN1Cc1cccc(N)c1Br. The van der Waals surface area contributed by atoms with Gasteiger partial charge in [-0.3, -0.25) is 4.90 Å². The van der Waals surface area contributed by atoms with E-state index in [1.165, 1.54) is 24.9 Å². The van der Waals surface area contributed by atoms with E-state index in [2.05, 4.69) is 45.9 Å². The summed E-state index contributed by atoms with van der Waals surface area (Å²) in [7, 11) is 4.29. The Kier molecular flexibility index (Phi) is 4.65. The van der Waals surface area contributed by atoms with E-state index >= 15 is 0 Å². The first-order chi connectivity index (χ1) is 8.58. The number of halogens is 1. The molecule has 1 aromatic carbocycles. The van der Waals surface area contributed by atoms with Crippen LogP contribution >= 0.6 is 15.9 Å². The van der Waals surface area contributed by atoms with Gasteiger partial charge < -0.3 is 10.6 Å². The molecule has 18 heavy (non-hydrogen) atoms. The maximum absolute atomic E-state index is 5.94. The second-order valence-electron chi connectivity index (χ2n) is 5.35. The van der Waals surface area contributed by atoms with E-state index in [0.29, 0.717) is 6.04 Å². The number of nitrogen functional groups attached to an aromatic ring is 1. The van der Waals surface area contributed by atoms with Crippen LogP contribution in [0.15, 0.2) is 22.7 Å². The number of hydrogen-bond acceptors (Lipinski definition) is 3. The lowest BCUT2D eigenvalue weighted by molar-refractivity contribution is 0.201. The fourth-order valence-electron chi connectivity index (χ4n) is 2.67. The molecule has 1 saturated heterocycles. The van der Waals surface area contributed by atoms with Crippen LogP contribution in [-0.2, 0) is 6.54 Å². The predicted octanol–water partition coefficient (Wildman–Crippen LogP) is 2.56. The highest BCUT2D eigenvalue weighted by molar-refractivity contribution is 9.10. The standard InChI is InChI=1S/C14H22BrN3/c1-17(2)10-12-6-4-8-18(12)9-11-5-3-7-13(16)14(11)15/h3,5,7,12H,4,6,8-10,16H2,1-2H3. The molecule has 1 heterocycles. The van der Waals surface area contributed by atoms with Crippen molar-refractivity contribution in [2.24, 2.45) is 0 Å². The summed E-state index contributed by atoms with van der Waals surface area (Å²) in [5, 5.41) is 0. The van der Waals surface area contributed by atoms with Gasteiger partial charge in [0.1, 0.15) is 0 Å². The second-order valence-corrected chi connectivity index (χ2v) is 6.14. The molecule has 1 fully saturated rings. The number of rotatable bonds is 4. The van der Waals surface area contributed by atoms with E-state index in [1.54, 1.807) is 0 Å². The summed E-state index contributed by atoms with van der Waals surface area (Å²) in [5.41, 5.74) is 8.06. The van der Waals surface area contributed by atoms with Crippen molar-refractivity contribution in [2.45, 2.75) is 25.4 Å². The molecule has 0 saturated carbocycles. The third-order valence-corrected chi connectivity index (χ3v) is 4.52. The van der Waals surface area contributed by atoms with E-state index < -0.39 is 0 Å². The van der Waals surface area contributed by atoms with Crippen LogP contribution in [0.3, 0.4) is 0 Å². The van der Waals surface area contributed by atoms with E-state index in [0.717, 1.165) is 23.2 Å². The Labute approximate surface area is 118 Å². The van der Waals surface area contributed by atoms with Gasteiger partial charge in [0.2, 0.25) is 0 Å². The monoisotopic (exact) mass is 311 g/mol. The number of anilines is 1. The van der Waals surface area contributed by atoms with Gasteiger partial charge in [-0.25, -0.2) is 0 Å². The fraction of sp³-hybridized carbons (Fsp3) is 0.571. The average Bonchev–Trinajstić information content (AvgIpc) is 2.72. The summed E-state index contributed by atoms with van der Waals surface area (Å²) < 4.78 is 1.06. The number of nitrogens with two attached hydrogens (primary N) is 1. The molecule has 3 nitrogen and oxygen atoms in total. The highest BCUT2D eigenvalue weighted by atomic mass is 79.9. The van der Waals surface area contributed by atoms with Crippen LogP contribution in [0.1, 0.15) is 18.4 Å². The Morgan fingerprint density at radius 2 is 2.22 bits per heavy atom. The molecule has 0 spiro atoms. The van der Waals surface area contributed by atoms with Crippen molar-refractivity contribution in [3.8, 4) is 0 Å². The lowest BCUT2D eigenvalue weighted by Crippen LogP contribution is -2.37. The molecule has 1 unspecified atom stereocenters. The molecule has 0 aromatic heterocycles. The molecule has 1 atom stereocenters. The molecule has 0 amide bonds. The van der Waals surface area contributed by atoms with Crippen LogP contribution in [0.5, 0.6) is 0 Å². The molecule has 2 rings (SSSR count). The van der Waals surface area contributed by atoms with Gasteiger partial charge in [-0.05, 0) is 61.0 Å². The molecule has 100 valence electrons. The Balaban J connectivity index is 2.06. The number of hydrogen-bond donors (Lipinski definition) is 1. The van der Waals surface area contributed by atoms with Crippen molar-refractivity contribution in [3.05, 3.63) is 28.2 Å². The summed E-state index contributed by atoms with van der Waals surface area (Å²) in [6.45, 7) is 3.32. The molecule has 0 bridgehead atoms. The second kappa shape index (κ2) is 6.04. The summed E-state index contributed by atoms with van der Waals surface area (Å²) in [5.74, 6) is 0. The molecule has 0 aliphatic carbocycles. The zero-order valence-electron chi connectivity index (χ0n) is 11.2. The van der Waals surface area contributed by atoms with Crippen molar-refractivity contribution >= 4 is 21.6 Å². The van der Waals surface area contributed by atoms with E-state index in [1.807, 2.05) is 12.1 Å². The Morgan fingerprint density at radius 3 is 2.94 bits per heavy atom. The highest BCUT2D eigenvalue weighted by Crippen LogP contribution is 2.27. The topological polar surface area (TPSA) is 32.5 Å². The minimum absolute atomic E-state index is 0.674. The number of likely N-dealkylation sites (N-methyl/N-ethyl adjacent to an activating group) is 1. The zero-order chi connectivity index (χ0) is 13.1. The third kappa shape index (κ3) is 3.25. The predicted molar refractivity (Wildman–Crippen MR) is 80.5 cm³/mol. The maximum atomic E-state index is 5.94. The highest BCUT2D eigenvalue weighted by Gasteiger charge is 2.25. The summed E-state index contributed by atoms with van der Waals surface area (Å²) in [6, 6.07) is 6.81. The summed E-state index contributed by atoms with van der Waals surface area (Å²) in [4.78, 5) is 4.84. The van der Waals surface area contributed by atoms with Gasteiger partial charge in [0.05, 0.1) is 0 Å². The Hall–Kier alpha value is -0.580. The van der Waals surface area contributed by atoms with E-state index in [9.17, 15) is 0 Å². The van der Waals surface area contributed by atoms with Crippen LogP contribution in [0.2, 0.25) is 0 Å². The van der Waals surface area contributed by atoms with Gasteiger partial charge in [-0.15, -0.1) is 0 Å². The first-order valence-corrected chi connectivity index (χ1v) is 7.29. The smallest absolute Gasteiger partial charge is 0.0461 e. The van der Waals surface area contributed by atoms with Crippen LogP contribution < -0.4 is 5.73 Å². The molecule has 0 radical (unpaired) electrons. The lowest BCUT2D eigenvalue weighted by atomic mass is 10.1. The number of nitrogens with zero attached hydrogens (tertiary/aromatic N) is 2. The van der Waals surface area contributed by atoms with E-state index in [-0.39, 0.29) is 0 Å². The average molecular weight is 312 g/mol. The van der Waals surface area contributed by atoms with Crippen molar-refractivity contribution in [1.82, 2.24) is 9.80 Å². The van der Waals surface area contributed by atoms with Gasteiger partial charge in [-0.2, -0.15) is 0 Å². The Morgan fingerprint density at radius 1 is 1.44 bits per heavy atom. The van der Waals surface area contributed by atoms with Crippen LogP contribution in [-0.4, -0.2) is 43.0 Å². The molecular weight excluding hydrogens is 290 g/mol. The van der Waals surface area contributed by atoms with E-state index in [4.69, 9.17) is 5.73 Å². The van der Waals surface area contributed by atoms with Crippen LogP contribution in [0.4, 0.5) is 5.69 Å². The van der Waals surface area contributed by atoms with Crippen molar-refractivity contribution in [1.29, 1.82) is 0 Å². The molecule has 1 aromatic rings. The van der Waals surface area contributed by atoms with Gasteiger partial charge in [-0.1, -0.05) is 12.1 Å². The molecular formula is C14H22BrN3. The third-order valence-electron chi connectivity index (χ3n) is 3.56. The normalized spacial score (nSPS) is 20.8. The fourth-order valence-corrected chi connectivity index (χ4v) is 3.06.